The van der Waals surface area contributed by atoms with Crippen molar-refractivity contribution >= 4 is 8.60 Å². The van der Waals surface area contributed by atoms with Crippen LogP contribution in [0.25, 0.3) is 0 Å². The zero-order chi connectivity index (χ0) is 37.7. The summed E-state index contributed by atoms with van der Waals surface area (Å²) < 4.78 is 29.3. The number of rotatable bonds is 47. The molecular formula is C44H92NO6P. The Morgan fingerprint density at radius 3 is 1.19 bits per heavy atom. The highest BCUT2D eigenvalue weighted by atomic mass is 31.2. The monoisotopic (exact) mass is 762 g/mol. The molecule has 0 radical (unpaired) electrons. The molecule has 0 aliphatic heterocycles. The van der Waals surface area contributed by atoms with Crippen molar-refractivity contribution in [1.29, 1.82) is 0 Å². The van der Waals surface area contributed by atoms with Crippen molar-refractivity contribution < 1.29 is 28.1 Å². The molecule has 1 N–H and O–H groups in total. The molecule has 0 heterocycles. The van der Waals surface area contributed by atoms with Crippen LogP contribution in [0, 0.1) is 0 Å². The average molecular weight is 762 g/mol. The Bertz CT molecular complexity index is 634. The van der Waals surface area contributed by atoms with Crippen LogP contribution in [-0.2, 0) is 28.1 Å². The third-order valence-corrected chi connectivity index (χ3v) is 11.1. The van der Waals surface area contributed by atoms with Gasteiger partial charge in [-0.1, -0.05) is 206 Å². The van der Waals surface area contributed by atoms with Crippen LogP contribution in [0.3, 0.4) is 0 Å². The molecule has 314 valence electrons. The molecular weight excluding hydrogens is 669 g/mol. The fourth-order valence-electron chi connectivity index (χ4n) is 6.68. The maximum Gasteiger partial charge on any atom is 0.362 e. The van der Waals surface area contributed by atoms with Crippen LogP contribution in [0.4, 0.5) is 0 Å². The topological polar surface area (TPSA) is 67.4 Å². The van der Waals surface area contributed by atoms with E-state index in [4.69, 9.17) is 28.1 Å². The molecule has 52 heavy (non-hydrogen) atoms. The normalized spacial score (nSPS) is 12.9. The molecule has 0 aromatic carbocycles. The van der Waals surface area contributed by atoms with Crippen LogP contribution >= 0.6 is 8.60 Å². The van der Waals surface area contributed by atoms with Crippen molar-refractivity contribution in [3.63, 3.8) is 0 Å². The molecule has 0 saturated heterocycles. The standard InChI is InChI=1S/C44H92NO6P/c1-5-7-9-11-13-15-17-19-21-23-25-27-29-31-33-35-39-47-42-44(43-50-52(51-46-4)49-41-37-38-45-3)48-40-36-34-32-30-28-26-24-22-20-18-16-14-12-10-8-6-2/h44-45H,5-43H2,1-4H3. The largest absolute Gasteiger partial charge is 0.379 e. The van der Waals surface area contributed by atoms with Gasteiger partial charge in [-0.05, 0) is 32.9 Å². The summed E-state index contributed by atoms with van der Waals surface area (Å²) in [6, 6.07) is 0. The van der Waals surface area contributed by atoms with Crippen LogP contribution in [0.5, 0.6) is 0 Å². The van der Waals surface area contributed by atoms with E-state index < -0.39 is 8.60 Å². The first-order valence-electron chi connectivity index (χ1n) is 22.9. The van der Waals surface area contributed by atoms with Crippen molar-refractivity contribution in [3.8, 4) is 0 Å². The Labute approximate surface area is 326 Å². The van der Waals surface area contributed by atoms with Gasteiger partial charge < -0.3 is 23.8 Å². The second-order valence-electron chi connectivity index (χ2n) is 15.2. The quantitative estimate of drug-likeness (QED) is 0.0287. The minimum atomic E-state index is -1.58. The summed E-state index contributed by atoms with van der Waals surface area (Å²) >= 11 is 0. The fourth-order valence-corrected chi connectivity index (χ4v) is 7.53. The van der Waals surface area contributed by atoms with E-state index in [1.807, 2.05) is 7.05 Å². The van der Waals surface area contributed by atoms with Gasteiger partial charge in [0, 0.05) is 13.2 Å². The van der Waals surface area contributed by atoms with Crippen LogP contribution in [0.2, 0.25) is 0 Å². The summed E-state index contributed by atoms with van der Waals surface area (Å²) in [5.74, 6) is 0. The second-order valence-corrected chi connectivity index (χ2v) is 16.3. The molecule has 0 fully saturated rings. The summed E-state index contributed by atoms with van der Waals surface area (Å²) in [7, 11) is 1.85. The molecule has 0 aromatic rings. The van der Waals surface area contributed by atoms with Gasteiger partial charge in [-0.2, -0.15) is 4.67 Å². The maximum absolute atomic E-state index is 6.26. The lowest BCUT2D eigenvalue weighted by molar-refractivity contribution is -0.192. The Hall–Kier alpha value is 0.150. The molecule has 7 nitrogen and oxygen atoms in total. The Morgan fingerprint density at radius 2 is 0.808 bits per heavy atom. The summed E-state index contributed by atoms with van der Waals surface area (Å²) in [4.78, 5) is 4.88. The van der Waals surface area contributed by atoms with Gasteiger partial charge in [-0.3, -0.25) is 0 Å². The predicted octanol–water partition coefficient (Wildman–Crippen LogP) is 14.4. The SMILES string of the molecule is CCCCCCCCCCCCCCCCCCOCC(COP(OCCCNC)OOC)OCCCCCCCCCCCCCCCCCC. The van der Waals surface area contributed by atoms with Gasteiger partial charge in [0.15, 0.2) is 0 Å². The summed E-state index contributed by atoms with van der Waals surface area (Å²) in [6.07, 6.45) is 44.7. The van der Waals surface area contributed by atoms with Gasteiger partial charge in [0.25, 0.3) is 0 Å². The van der Waals surface area contributed by atoms with Gasteiger partial charge in [-0.15, -0.1) is 0 Å². The second kappa shape index (κ2) is 47.3. The molecule has 0 aromatic heterocycles. The molecule has 2 unspecified atom stereocenters. The number of hydrogen-bond donors (Lipinski definition) is 1. The lowest BCUT2D eigenvalue weighted by Gasteiger charge is -2.21. The van der Waals surface area contributed by atoms with Crippen LogP contribution in [-0.4, -0.2) is 59.8 Å². The average Bonchev–Trinajstić information content (AvgIpc) is 3.15. The van der Waals surface area contributed by atoms with E-state index in [-0.39, 0.29) is 6.10 Å². The molecule has 0 rings (SSSR count). The van der Waals surface area contributed by atoms with E-state index in [0.717, 1.165) is 39.0 Å². The third-order valence-electron chi connectivity index (χ3n) is 10.1. The first kappa shape index (κ1) is 52.2. The fraction of sp³-hybridized carbons (Fsp3) is 1.00. The predicted molar refractivity (Wildman–Crippen MR) is 225 cm³/mol. The third kappa shape index (κ3) is 42.9. The molecule has 0 bridgehead atoms. The Kier molecular flexibility index (Phi) is 47.4. The highest BCUT2D eigenvalue weighted by Gasteiger charge is 2.18. The van der Waals surface area contributed by atoms with Gasteiger partial charge in [0.05, 0.1) is 26.9 Å². The van der Waals surface area contributed by atoms with Crippen molar-refractivity contribution in [2.45, 2.75) is 232 Å². The van der Waals surface area contributed by atoms with Crippen LogP contribution < -0.4 is 5.32 Å². The minimum Gasteiger partial charge on any atom is -0.379 e. The van der Waals surface area contributed by atoms with Crippen molar-refractivity contribution in [1.82, 2.24) is 5.32 Å². The van der Waals surface area contributed by atoms with E-state index >= 15 is 0 Å². The molecule has 0 amide bonds. The highest BCUT2D eigenvalue weighted by Crippen LogP contribution is 2.40. The van der Waals surface area contributed by atoms with Gasteiger partial charge >= 0.3 is 8.60 Å². The number of unbranched alkanes of at least 4 members (excludes halogenated alkanes) is 30. The van der Waals surface area contributed by atoms with Crippen molar-refractivity contribution in [2.24, 2.45) is 0 Å². The number of ether oxygens (including phenoxy) is 2. The zero-order valence-corrected chi connectivity index (χ0v) is 36.4. The van der Waals surface area contributed by atoms with Crippen LogP contribution in [0.15, 0.2) is 0 Å². The zero-order valence-electron chi connectivity index (χ0n) is 35.6. The van der Waals surface area contributed by atoms with E-state index in [0.29, 0.717) is 19.8 Å². The van der Waals surface area contributed by atoms with E-state index in [1.54, 1.807) is 0 Å². The minimum absolute atomic E-state index is 0.135. The van der Waals surface area contributed by atoms with Gasteiger partial charge in [0.1, 0.15) is 6.10 Å². The van der Waals surface area contributed by atoms with Crippen molar-refractivity contribution in [2.75, 3.05) is 53.7 Å². The smallest absolute Gasteiger partial charge is 0.362 e. The van der Waals surface area contributed by atoms with Gasteiger partial charge in [-0.25, -0.2) is 4.89 Å². The molecule has 0 aliphatic carbocycles. The van der Waals surface area contributed by atoms with Crippen molar-refractivity contribution in [3.05, 3.63) is 0 Å². The lowest BCUT2D eigenvalue weighted by Crippen LogP contribution is -2.26. The molecule has 0 aliphatic rings. The summed E-state index contributed by atoms with van der Waals surface area (Å²) in [6.45, 7) is 8.45. The molecule has 0 saturated carbocycles. The first-order valence-corrected chi connectivity index (χ1v) is 24.0. The maximum atomic E-state index is 6.26. The Morgan fingerprint density at radius 1 is 0.423 bits per heavy atom. The van der Waals surface area contributed by atoms with Gasteiger partial charge in [0.2, 0.25) is 0 Å². The molecule has 2 atom stereocenters. The Balaban J connectivity index is 4.02. The first-order chi connectivity index (χ1) is 25.8. The molecule has 8 heteroatoms. The molecule has 0 spiro atoms. The number of hydrogen-bond acceptors (Lipinski definition) is 7. The lowest BCUT2D eigenvalue weighted by atomic mass is 10.0. The highest BCUT2D eigenvalue weighted by molar-refractivity contribution is 7.41. The van der Waals surface area contributed by atoms with E-state index in [2.05, 4.69) is 19.2 Å². The van der Waals surface area contributed by atoms with Crippen LogP contribution in [0.1, 0.15) is 226 Å². The van der Waals surface area contributed by atoms with E-state index in [9.17, 15) is 0 Å². The summed E-state index contributed by atoms with van der Waals surface area (Å²) in [5.41, 5.74) is 0. The summed E-state index contributed by atoms with van der Waals surface area (Å²) in [5, 5.41) is 3.13. The number of nitrogens with one attached hydrogen (secondary N) is 1. The van der Waals surface area contributed by atoms with E-state index in [1.165, 1.54) is 200 Å².